The van der Waals surface area contributed by atoms with E-state index in [9.17, 15) is 0 Å². The highest BCUT2D eigenvalue weighted by Crippen LogP contribution is 2.01. The molecule has 0 fully saturated rings. The summed E-state index contributed by atoms with van der Waals surface area (Å²) in [4.78, 5) is 0. The van der Waals surface area contributed by atoms with Crippen molar-refractivity contribution in [2.24, 2.45) is 0 Å². The van der Waals surface area contributed by atoms with E-state index in [4.69, 9.17) is 4.74 Å². The Kier molecular flexibility index (Phi) is 18.0. The number of unbranched alkanes of at least 4 members (excludes halogenated alkanes) is 6. The molecule has 3 N–H and O–H groups in total. The average Bonchev–Trinajstić information content (AvgIpc) is 2.16. The Morgan fingerprint density at radius 2 is 1.07 bits per heavy atom. The SMILES string of the molecule is CCCCCCOCCCCCC.N. The highest BCUT2D eigenvalue weighted by atomic mass is 16.5. The summed E-state index contributed by atoms with van der Waals surface area (Å²) < 4.78 is 5.53. The van der Waals surface area contributed by atoms with Crippen LogP contribution in [0.3, 0.4) is 0 Å². The van der Waals surface area contributed by atoms with E-state index in [0.29, 0.717) is 0 Å². The average molecular weight is 203 g/mol. The summed E-state index contributed by atoms with van der Waals surface area (Å²) in [7, 11) is 0. The van der Waals surface area contributed by atoms with Crippen molar-refractivity contribution in [2.75, 3.05) is 13.2 Å². The van der Waals surface area contributed by atoms with Crippen LogP contribution in [0.5, 0.6) is 0 Å². The standard InChI is InChI=1S/C12H26O.H3N/c1-3-5-7-9-11-13-12-10-8-6-4-2;/h3-12H2,1-2H3;1H3. The normalized spacial score (nSPS) is 9.86. The summed E-state index contributed by atoms with van der Waals surface area (Å²) in [5.74, 6) is 0. The van der Waals surface area contributed by atoms with Crippen LogP contribution in [0.1, 0.15) is 65.2 Å². The molecule has 0 aliphatic heterocycles. The third-order valence-corrected chi connectivity index (χ3v) is 2.28. The van der Waals surface area contributed by atoms with Crippen molar-refractivity contribution < 1.29 is 4.74 Å². The summed E-state index contributed by atoms with van der Waals surface area (Å²) in [6, 6.07) is 0. The first-order valence-corrected chi connectivity index (χ1v) is 5.99. The minimum atomic E-state index is 0. The van der Waals surface area contributed by atoms with Crippen molar-refractivity contribution in [1.29, 1.82) is 0 Å². The van der Waals surface area contributed by atoms with E-state index in [1.165, 1.54) is 51.4 Å². The quantitative estimate of drug-likeness (QED) is 0.537. The van der Waals surface area contributed by atoms with Crippen LogP contribution in [-0.4, -0.2) is 13.2 Å². The van der Waals surface area contributed by atoms with E-state index in [-0.39, 0.29) is 6.15 Å². The van der Waals surface area contributed by atoms with Gasteiger partial charge in [-0.25, -0.2) is 0 Å². The van der Waals surface area contributed by atoms with Crippen LogP contribution < -0.4 is 6.15 Å². The van der Waals surface area contributed by atoms with Crippen LogP contribution in [-0.2, 0) is 4.74 Å². The summed E-state index contributed by atoms with van der Waals surface area (Å²) in [6.45, 7) is 6.44. The number of ether oxygens (including phenoxy) is 1. The van der Waals surface area contributed by atoms with Gasteiger partial charge < -0.3 is 10.9 Å². The number of rotatable bonds is 10. The Morgan fingerprint density at radius 3 is 1.43 bits per heavy atom. The summed E-state index contributed by atoms with van der Waals surface area (Å²) in [6.07, 6.45) is 10.5. The lowest BCUT2D eigenvalue weighted by Crippen LogP contribution is -1.96. The summed E-state index contributed by atoms with van der Waals surface area (Å²) in [5.41, 5.74) is 0. The molecule has 88 valence electrons. The Bertz CT molecular complexity index is 76.4. The molecule has 0 aromatic rings. The van der Waals surface area contributed by atoms with Crippen LogP contribution >= 0.6 is 0 Å². The van der Waals surface area contributed by atoms with Gasteiger partial charge in [-0.1, -0.05) is 52.4 Å². The molecular weight excluding hydrogens is 174 g/mol. The summed E-state index contributed by atoms with van der Waals surface area (Å²) >= 11 is 0. The van der Waals surface area contributed by atoms with Gasteiger partial charge in [0.1, 0.15) is 0 Å². The maximum atomic E-state index is 5.53. The molecule has 2 nitrogen and oxygen atoms in total. The van der Waals surface area contributed by atoms with Crippen LogP contribution in [0.15, 0.2) is 0 Å². The number of hydrogen-bond donors (Lipinski definition) is 1. The van der Waals surface area contributed by atoms with Gasteiger partial charge in [0, 0.05) is 13.2 Å². The van der Waals surface area contributed by atoms with E-state index in [1.54, 1.807) is 0 Å². The fourth-order valence-electron chi connectivity index (χ4n) is 1.36. The Labute approximate surface area is 90.0 Å². The molecule has 0 aliphatic carbocycles. The van der Waals surface area contributed by atoms with Gasteiger partial charge in [0.25, 0.3) is 0 Å². The van der Waals surface area contributed by atoms with Gasteiger partial charge in [-0.15, -0.1) is 0 Å². The second-order valence-electron chi connectivity index (χ2n) is 3.73. The molecule has 0 bridgehead atoms. The molecule has 0 spiro atoms. The lowest BCUT2D eigenvalue weighted by Gasteiger charge is -2.03. The first-order valence-electron chi connectivity index (χ1n) is 5.99. The van der Waals surface area contributed by atoms with Crippen LogP contribution in [0.2, 0.25) is 0 Å². The zero-order chi connectivity index (χ0) is 9.78. The first kappa shape index (κ1) is 16.4. The fourth-order valence-corrected chi connectivity index (χ4v) is 1.36. The van der Waals surface area contributed by atoms with Gasteiger partial charge in [-0.3, -0.25) is 0 Å². The van der Waals surface area contributed by atoms with Crippen molar-refractivity contribution >= 4 is 0 Å². The molecule has 0 saturated carbocycles. The molecule has 0 radical (unpaired) electrons. The molecule has 0 heterocycles. The van der Waals surface area contributed by atoms with Gasteiger partial charge in [-0.05, 0) is 12.8 Å². The molecule has 0 atom stereocenters. The smallest absolute Gasteiger partial charge is 0.0466 e. The predicted molar refractivity (Wildman–Crippen MR) is 64.1 cm³/mol. The van der Waals surface area contributed by atoms with Gasteiger partial charge in [0.15, 0.2) is 0 Å². The summed E-state index contributed by atoms with van der Waals surface area (Å²) in [5, 5.41) is 0. The van der Waals surface area contributed by atoms with Crippen molar-refractivity contribution in [3.8, 4) is 0 Å². The molecule has 0 rings (SSSR count). The van der Waals surface area contributed by atoms with Crippen LogP contribution in [0, 0.1) is 0 Å². The molecular formula is C12H29NO. The maximum Gasteiger partial charge on any atom is 0.0466 e. The van der Waals surface area contributed by atoms with Crippen LogP contribution in [0.25, 0.3) is 0 Å². The minimum Gasteiger partial charge on any atom is -0.381 e. The lowest BCUT2D eigenvalue weighted by atomic mass is 10.2. The first-order chi connectivity index (χ1) is 6.41. The zero-order valence-electron chi connectivity index (χ0n) is 10.2. The van der Waals surface area contributed by atoms with E-state index in [1.807, 2.05) is 0 Å². The van der Waals surface area contributed by atoms with Gasteiger partial charge in [0.2, 0.25) is 0 Å². The van der Waals surface area contributed by atoms with Crippen molar-refractivity contribution in [2.45, 2.75) is 65.2 Å². The Hall–Kier alpha value is -0.0800. The van der Waals surface area contributed by atoms with E-state index in [2.05, 4.69) is 13.8 Å². The number of hydrogen-bond acceptors (Lipinski definition) is 2. The van der Waals surface area contributed by atoms with Crippen molar-refractivity contribution in [3.63, 3.8) is 0 Å². The highest BCUT2D eigenvalue weighted by molar-refractivity contribution is 4.41. The fraction of sp³-hybridized carbons (Fsp3) is 1.00. The third-order valence-electron chi connectivity index (χ3n) is 2.28. The topological polar surface area (TPSA) is 44.2 Å². The molecule has 0 aromatic carbocycles. The molecule has 0 saturated heterocycles. The second-order valence-corrected chi connectivity index (χ2v) is 3.73. The molecule has 0 amide bonds. The zero-order valence-corrected chi connectivity index (χ0v) is 10.2. The largest absolute Gasteiger partial charge is 0.381 e. The monoisotopic (exact) mass is 203 g/mol. The highest BCUT2D eigenvalue weighted by Gasteiger charge is 1.90. The van der Waals surface area contributed by atoms with E-state index in [0.717, 1.165) is 13.2 Å². The van der Waals surface area contributed by atoms with E-state index >= 15 is 0 Å². The molecule has 2 heteroatoms. The lowest BCUT2D eigenvalue weighted by molar-refractivity contribution is 0.126. The minimum absolute atomic E-state index is 0. The molecule has 0 unspecified atom stereocenters. The predicted octanol–water partition coefficient (Wildman–Crippen LogP) is 4.33. The third kappa shape index (κ3) is 14.4. The van der Waals surface area contributed by atoms with Crippen molar-refractivity contribution in [3.05, 3.63) is 0 Å². The molecule has 0 aromatic heterocycles. The second kappa shape index (κ2) is 15.4. The van der Waals surface area contributed by atoms with Crippen LogP contribution in [0.4, 0.5) is 0 Å². The Morgan fingerprint density at radius 1 is 0.643 bits per heavy atom. The van der Waals surface area contributed by atoms with Gasteiger partial charge >= 0.3 is 0 Å². The van der Waals surface area contributed by atoms with Crippen molar-refractivity contribution in [1.82, 2.24) is 6.15 Å². The molecule has 14 heavy (non-hydrogen) atoms. The molecule has 0 aliphatic rings. The van der Waals surface area contributed by atoms with Gasteiger partial charge in [-0.2, -0.15) is 0 Å². The van der Waals surface area contributed by atoms with Gasteiger partial charge in [0.05, 0.1) is 0 Å². The Balaban J connectivity index is 0. The maximum absolute atomic E-state index is 5.53. The van der Waals surface area contributed by atoms with E-state index < -0.39 is 0 Å².